The van der Waals surface area contributed by atoms with Gasteiger partial charge < -0.3 is 10.0 Å². The molecule has 1 atom stereocenters. The van der Waals surface area contributed by atoms with E-state index in [1.54, 1.807) is 31.2 Å². The van der Waals surface area contributed by atoms with Gasteiger partial charge in [0.25, 0.3) is 5.91 Å². The number of piperidine rings is 1. The number of rotatable bonds is 4. The summed E-state index contributed by atoms with van der Waals surface area (Å²) in [6.07, 6.45) is 3.47. The van der Waals surface area contributed by atoms with Gasteiger partial charge in [-0.05, 0) is 80.0 Å². The Morgan fingerprint density at radius 2 is 2.00 bits per heavy atom. The van der Waals surface area contributed by atoms with E-state index in [2.05, 4.69) is 0 Å². The van der Waals surface area contributed by atoms with Crippen molar-refractivity contribution in [1.29, 1.82) is 0 Å². The van der Waals surface area contributed by atoms with Gasteiger partial charge in [0.2, 0.25) is 0 Å². The normalized spacial score (nSPS) is 17.3. The van der Waals surface area contributed by atoms with Gasteiger partial charge in [0.15, 0.2) is 11.6 Å². The van der Waals surface area contributed by atoms with E-state index in [1.165, 1.54) is 6.07 Å². The van der Waals surface area contributed by atoms with Crippen LogP contribution in [0.3, 0.4) is 0 Å². The van der Waals surface area contributed by atoms with Crippen molar-refractivity contribution in [3.05, 3.63) is 64.7 Å². The Balaban J connectivity index is 1.60. The number of halogens is 2. The summed E-state index contributed by atoms with van der Waals surface area (Å²) in [4.78, 5) is 14.6. The number of amides is 1. The van der Waals surface area contributed by atoms with Gasteiger partial charge in [-0.1, -0.05) is 6.07 Å². The van der Waals surface area contributed by atoms with Crippen molar-refractivity contribution >= 4 is 5.91 Å². The Morgan fingerprint density at radius 1 is 1.19 bits per heavy atom. The summed E-state index contributed by atoms with van der Waals surface area (Å²) in [6, 6.07) is 8.93. The van der Waals surface area contributed by atoms with Crippen molar-refractivity contribution in [3.63, 3.8) is 0 Å². The summed E-state index contributed by atoms with van der Waals surface area (Å²) in [5.41, 5.74) is 2.05. The molecule has 138 valence electrons. The van der Waals surface area contributed by atoms with Crippen LogP contribution in [-0.4, -0.2) is 29.0 Å². The van der Waals surface area contributed by atoms with Crippen molar-refractivity contribution in [2.24, 2.45) is 5.92 Å². The minimum atomic E-state index is -0.827. The van der Waals surface area contributed by atoms with Gasteiger partial charge in [-0.2, -0.15) is 0 Å². The van der Waals surface area contributed by atoms with Gasteiger partial charge in [0.05, 0.1) is 0 Å². The lowest BCUT2D eigenvalue weighted by Gasteiger charge is -2.33. The molecule has 1 N–H and O–H groups in total. The maximum absolute atomic E-state index is 13.3. The monoisotopic (exact) mass is 359 g/mol. The number of phenols is 1. The summed E-state index contributed by atoms with van der Waals surface area (Å²) in [6.45, 7) is 3.16. The molecule has 3 rings (SSSR count). The van der Waals surface area contributed by atoms with Crippen molar-refractivity contribution in [1.82, 2.24) is 4.90 Å². The van der Waals surface area contributed by atoms with Crippen LogP contribution < -0.4 is 0 Å². The molecule has 26 heavy (non-hydrogen) atoms. The molecular weight excluding hydrogens is 336 g/mol. The van der Waals surface area contributed by atoms with Crippen LogP contribution in [0, 0.1) is 24.5 Å². The Hall–Kier alpha value is -2.43. The van der Waals surface area contributed by atoms with Crippen LogP contribution in [0.5, 0.6) is 5.75 Å². The van der Waals surface area contributed by atoms with E-state index in [-0.39, 0.29) is 11.7 Å². The minimum Gasteiger partial charge on any atom is -0.508 e. The number of phenolic OH excluding ortho intramolecular Hbond substituents is 1. The summed E-state index contributed by atoms with van der Waals surface area (Å²) in [5, 5.41) is 9.62. The molecule has 0 spiro atoms. The summed E-state index contributed by atoms with van der Waals surface area (Å²) >= 11 is 0. The second-order valence-electron chi connectivity index (χ2n) is 7.05. The summed E-state index contributed by atoms with van der Waals surface area (Å²) < 4.78 is 26.3. The predicted molar refractivity (Wildman–Crippen MR) is 96.2 cm³/mol. The summed E-state index contributed by atoms with van der Waals surface area (Å²) in [5.74, 6) is -1.13. The second kappa shape index (κ2) is 7.85. The molecule has 0 aromatic heterocycles. The number of hydrogen-bond donors (Lipinski definition) is 1. The number of aromatic hydroxyl groups is 1. The number of benzene rings is 2. The third-order valence-corrected chi connectivity index (χ3v) is 5.08. The molecule has 2 aromatic carbocycles. The van der Waals surface area contributed by atoms with E-state index in [0.29, 0.717) is 30.0 Å². The molecule has 1 saturated heterocycles. The zero-order chi connectivity index (χ0) is 18.7. The van der Waals surface area contributed by atoms with Crippen LogP contribution in [0.25, 0.3) is 0 Å². The topological polar surface area (TPSA) is 40.5 Å². The molecule has 0 radical (unpaired) electrons. The zero-order valence-electron chi connectivity index (χ0n) is 14.8. The number of hydrogen-bond acceptors (Lipinski definition) is 2. The SMILES string of the molecule is Cc1cc(C(=O)N2CCC[C@@H](CCc3ccc(F)c(F)c3)C2)ccc1O. The molecule has 2 aromatic rings. The van der Waals surface area contributed by atoms with Gasteiger partial charge in [-0.15, -0.1) is 0 Å². The van der Waals surface area contributed by atoms with E-state index in [0.717, 1.165) is 37.4 Å². The van der Waals surface area contributed by atoms with Crippen LogP contribution >= 0.6 is 0 Å². The minimum absolute atomic E-state index is 0.0226. The van der Waals surface area contributed by atoms with E-state index in [1.807, 2.05) is 4.90 Å². The first-order chi connectivity index (χ1) is 12.4. The fourth-order valence-electron chi connectivity index (χ4n) is 3.52. The number of aryl methyl sites for hydroxylation is 2. The predicted octanol–water partition coefficient (Wildman–Crippen LogP) is 4.46. The first kappa shape index (κ1) is 18.4. The number of carbonyl (C=O) groups is 1. The Bertz CT molecular complexity index is 807. The van der Waals surface area contributed by atoms with Crippen LogP contribution in [-0.2, 0) is 6.42 Å². The maximum atomic E-state index is 13.3. The highest BCUT2D eigenvalue weighted by Crippen LogP contribution is 2.25. The van der Waals surface area contributed by atoms with Crippen LogP contribution in [0.1, 0.15) is 40.7 Å². The van der Waals surface area contributed by atoms with E-state index < -0.39 is 11.6 Å². The molecule has 0 saturated carbocycles. The lowest BCUT2D eigenvalue weighted by molar-refractivity contribution is 0.0668. The van der Waals surface area contributed by atoms with Crippen molar-refractivity contribution in [3.8, 4) is 5.75 Å². The zero-order valence-corrected chi connectivity index (χ0v) is 14.8. The van der Waals surface area contributed by atoms with Crippen LogP contribution in [0.2, 0.25) is 0 Å². The highest BCUT2D eigenvalue weighted by atomic mass is 19.2. The molecule has 0 aliphatic carbocycles. The smallest absolute Gasteiger partial charge is 0.253 e. The standard InChI is InChI=1S/C21H23F2NO2/c1-14-11-17(7-9-20(14)25)21(26)24-10-2-3-16(13-24)5-4-15-6-8-18(22)19(23)12-15/h6-9,11-12,16,25H,2-5,10,13H2,1H3/t16-/m0/s1. The van der Waals surface area contributed by atoms with Gasteiger partial charge >= 0.3 is 0 Å². The van der Waals surface area contributed by atoms with Crippen LogP contribution in [0.4, 0.5) is 8.78 Å². The molecular formula is C21H23F2NO2. The second-order valence-corrected chi connectivity index (χ2v) is 7.05. The lowest BCUT2D eigenvalue weighted by atomic mass is 9.91. The molecule has 1 heterocycles. The average molecular weight is 359 g/mol. The quantitative estimate of drug-likeness (QED) is 0.875. The molecule has 0 bridgehead atoms. The molecule has 0 unspecified atom stereocenters. The third kappa shape index (κ3) is 4.21. The number of nitrogens with zero attached hydrogens (tertiary/aromatic N) is 1. The highest BCUT2D eigenvalue weighted by Gasteiger charge is 2.24. The Labute approximate surface area is 152 Å². The molecule has 5 heteroatoms. The van der Waals surface area contributed by atoms with Crippen molar-refractivity contribution in [2.45, 2.75) is 32.6 Å². The first-order valence-corrected chi connectivity index (χ1v) is 8.97. The lowest BCUT2D eigenvalue weighted by Crippen LogP contribution is -2.40. The van der Waals surface area contributed by atoms with Gasteiger partial charge in [0.1, 0.15) is 5.75 Å². The van der Waals surface area contributed by atoms with Crippen molar-refractivity contribution in [2.75, 3.05) is 13.1 Å². The fraction of sp³-hybridized carbons (Fsp3) is 0.381. The van der Waals surface area contributed by atoms with E-state index in [4.69, 9.17) is 0 Å². The average Bonchev–Trinajstić information content (AvgIpc) is 2.64. The fourth-order valence-corrected chi connectivity index (χ4v) is 3.52. The molecule has 1 fully saturated rings. The van der Waals surface area contributed by atoms with Gasteiger partial charge in [0, 0.05) is 18.7 Å². The number of likely N-dealkylation sites (tertiary alicyclic amines) is 1. The van der Waals surface area contributed by atoms with Gasteiger partial charge in [-0.25, -0.2) is 8.78 Å². The third-order valence-electron chi connectivity index (χ3n) is 5.08. The Morgan fingerprint density at radius 3 is 2.73 bits per heavy atom. The number of carbonyl (C=O) groups excluding carboxylic acids is 1. The van der Waals surface area contributed by atoms with E-state index in [9.17, 15) is 18.7 Å². The summed E-state index contributed by atoms with van der Waals surface area (Å²) in [7, 11) is 0. The maximum Gasteiger partial charge on any atom is 0.253 e. The first-order valence-electron chi connectivity index (χ1n) is 8.97. The van der Waals surface area contributed by atoms with Gasteiger partial charge in [-0.3, -0.25) is 4.79 Å². The van der Waals surface area contributed by atoms with Crippen LogP contribution in [0.15, 0.2) is 36.4 Å². The highest BCUT2D eigenvalue weighted by molar-refractivity contribution is 5.94. The molecule has 3 nitrogen and oxygen atoms in total. The molecule has 1 aliphatic heterocycles. The molecule has 1 aliphatic rings. The molecule has 1 amide bonds. The van der Waals surface area contributed by atoms with Crippen molar-refractivity contribution < 1.29 is 18.7 Å². The van der Waals surface area contributed by atoms with E-state index >= 15 is 0 Å². The Kier molecular flexibility index (Phi) is 5.55. The largest absolute Gasteiger partial charge is 0.508 e.